The number of hydrogen-bond acceptors (Lipinski definition) is 5. The third kappa shape index (κ3) is 5.69. The molecule has 4 N–H and O–H groups in total. The maximum absolute atomic E-state index is 12.0. The molecule has 0 saturated carbocycles. The van der Waals surface area contributed by atoms with Crippen molar-refractivity contribution >= 4 is 12.6 Å². The van der Waals surface area contributed by atoms with Crippen LogP contribution in [0.1, 0.15) is 33.6 Å². The molecule has 0 heterocycles. The number of carbonyl (C=O) groups excluding carboxylic acids is 1. The van der Waals surface area contributed by atoms with Gasteiger partial charge in [-0.15, -0.1) is 0 Å². The molecule has 0 aromatic rings. The summed E-state index contributed by atoms with van der Waals surface area (Å²) in [6, 6.07) is 0. The van der Waals surface area contributed by atoms with E-state index in [0.717, 1.165) is 18.4 Å². The van der Waals surface area contributed by atoms with Crippen LogP contribution in [0.2, 0.25) is 0 Å². The molecule has 0 saturated heterocycles. The molecule has 0 aromatic heterocycles. The third-order valence-corrected chi connectivity index (χ3v) is 3.30. The van der Waals surface area contributed by atoms with Gasteiger partial charge in [-0.3, -0.25) is 4.79 Å². The second-order valence-electron chi connectivity index (χ2n) is 4.76. The van der Waals surface area contributed by atoms with Crippen LogP contribution in [0.5, 0.6) is 0 Å². The Bertz CT molecular complexity index is 392. The van der Waals surface area contributed by atoms with Crippen molar-refractivity contribution in [3.63, 3.8) is 0 Å². The zero-order valence-corrected chi connectivity index (χ0v) is 13.6. The summed E-state index contributed by atoms with van der Waals surface area (Å²) in [5, 5.41) is 6.21. The van der Waals surface area contributed by atoms with Gasteiger partial charge < -0.3 is 21.3 Å². The largest absolute Gasteiger partial charge is 0.350 e. The first kappa shape index (κ1) is 19.3. The summed E-state index contributed by atoms with van der Waals surface area (Å²) in [6.45, 7) is 13.7. The first-order chi connectivity index (χ1) is 9.96. The van der Waals surface area contributed by atoms with Crippen molar-refractivity contribution in [2.75, 3.05) is 13.6 Å². The quantitative estimate of drug-likeness (QED) is 0.321. The van der Waals surface area contributed by atoms with Crippen molar-refractivity contribution in [3.8, 4) is 0 Å². The Hall–Kier alpha value is -1.66. The van der Waals surface area contributed by atoms with Gasteiger partial charge in [0.1, 0.15) is 12.0 Å². The van der Waals surface area contributed by atoms with Gasteiger partial charge in [-0.25, -0.2) is 4.99 Å². The number of nitrogens with zero attached hydrogens (tertiary/aromatic N) is 2. The Labute approximate surface area is 128 Å². The van der Waals surface area contributed by atoms with Gasteiger partial charge in [0.2, 0.25) is 5.91 Å². The summed E-state index contributed by atoms with van der Waals surface area (Å²) in [6.07, 6.45) is 2.45. The first-order valence-electron chi connectivity index (χ1n) is 7.26. The molecule has 2 atom stereocenters. The number of nitrogens with two attached hydrogens (primary N) is 1. The zero-order chi connectivity index (χ0) is 16.4. The number of rotatable bonds is 10. The molecule has 0 fully saturated rings. The van der Waals surface area contributed by atoms with Crippen LogP contribution in [-0.4, -0.2) is 43.4 Å². The molecule has 0 aliphatic rings. The monoisotopic (exact) mass is 295 g/mol. The summed E-state index contributed by atoms with van der Waals surface area (Å²) in [5.41, 5.74) is 6.78. The standard InChI is InChI=1S/C15H29N5O/c1-7-10-20(13(21)9-3)12(8-2)19-15(18-6)11(4)14(16)17-5/h9,12,14,17,19H,3,6-8,10,16H2,1-2,4-5H3/b15-11+. The number of likely N-dealkylation sites (N-methyl/N-ethyl adjacent to an activating group) is 1. The lowest BCUT2D eigenvalue weighted by molar-refractivity contribution is -0.128. The number of nitrogens with one attached hydrogen (secondary N) is 2. The lowest BCUT2D eigenvalue weighted by atomic mass is 10.2. The molecule has 120 valence electrons. The topological polar surface area (TPSA) is 82.8 Å². The minimum absolute atomic E-state index is 0.102. The van der Waals surface area contributed by atoms with Crippen LogP contribution in [0.25, 0.3) is 0 Å². The van der Waals surface area contributed by atoms with Crippen molar-refractivity contribution in [1.82, 2.24) is 15.5 Å². The Morgan fingerprint density at radius 2 is 2.10 bits per heavy atom. The Kier molecular flexibility index (Phi) is 9.32. The Balaban J connectivity index is 5.29. The van der Waals surface area contributed by atoms with Gasteiger partial charge in [0, 0.05) is 12.1 Å². The lowest BCUT2D eigenvalue weighted by Crippen LogP contribution is -2.48. The molecule has 0 aromatic carbocycles. The molecule has 0 radical (unpaired) electrons. The molecule has 6 heteroatoms. The molecule has 0 aliphatic heterocycles. The maximum atomic E-state index is 12.0. The van der Waals surface area contributed by atoms with Gasteiger partial charge >= 0.3 is 0 Å². The molecule has 0 rings (SSSR count). The van der Waals surface area contributed by atoms with Crippen molar-refractivity contribution in [2.24, 2.45) is 10.7 Å². The normalized spacial score (nSPS) is 14.7. The van der Waals surface area contributed by atoms with Crippen molar-refractivity contribution in [3.05, 3.63) is 24.0 Å². The van der Waals surface area contributed by atoms with E-state index in [-0.39, 0.29) is 18.2 Å². The minimum atomic E-state index is -0.315. The molecule has 2 unspecified atom stereocenters. The molecule has 0 aliphatic carbocycles. The molecule has 0 spiro atoms. The summed E-state index contributed by atoms with van der Waals surface area (Å²) in [5.74, 6) is 0.497. The Morgan fingerprint density at radius 3 is 2.48 bits per heavy atom. The molecular weight excluding hydrogens is 266 g/mol. The van der Waals surface area contributed by atoms with Gasteiger partial charge in [0.05, 0.1) is 6.17 Å². The van der Waals surface area contributed by atoms with Crippen LogP contribution in [0.15, 0.2) is 29.0 Å². The highest BCUT2D eigenvalue weighted by atomic mass is 16.2. The minimum Gasteiger partial charge on any atom is -0.350 e. The van der Waals surface area contributed by atoms with Gasteiger partial charge in [0.15, 0.2) is 0 Å². The van der Waals surface area contributed by atoms with Gasteiger partial charge in [0.25, 0.3) is 0 Å². The van der Waals surface area contributed by atoms with Crippen molar-refractivity contribution in [2.45, 2.75) is 45.9 Å². The van der Waals surface area contributed by atoms with E-state index in [1.807, 2.05) is 20.8 Å². The molecule has 21 heavy (non-hydrogen) atoms. The number of amides is 1. The predicted molar refractivity (Wildman–Crippen MR) is 88.7 cm³/mol. The van der Waals surface area contributed by atoms with Gasteiger partial charge in [-0.2, -0.15) is 0 Å². The van der Waals surface area contributed by atoms with E-state index in [4.69, 9.17) is 5.73 Å². The van der Waals surface area contributed by atoms with Crippen molar-refractivity contribution in [1.29, 1.82) is 0 Å². The van der Waals surface area contributed by atoms with Crippen LogP contribution in [0, 0.1) is 0 Å². The average Bonchev–Trinajstić information content (AvgIpc) is 2.52. The number of carbonyl (C=O) groups is 1. The highest BCUT2D eigenvalue weighted by Crippen LogP contribution is 2.10. The van der Waals surface area contributed by atoms with Crippen molar-refractivity contribution < 1.29 is 4.79 Å². The van der Waals surface area contributed by atoms with Crippen LogP contribution in [-0.2, 0) is 4.79 Å². The number of aliphatic imine (C=N–C) groups is 1. The average molecular weight is 295 g/mol. The Morgan fingerprint density at radius 1 is 1.48 bits per heavy atom. The first-order valence-corrected chi connectivity index (χ1v) is 7.26. The second kappa shape index (κ2) is 10.1. The van der Waals surface area contributed by atoms with Crippen LogP contribution >= 0.6 is 0 Å². The highest BCUT2D eigenvalue weighted by Gasteiger charge is 2.21. The van der Waals surface area contributed by atoms with Crippen LogP contribution in [0.4, 0.5) is 0 Å². The molecule has 1 amide bonds. The van der Waals surface area contributed by atoms with Gasteiger partial charge in [-0.05, 0) is 39.6 Å². The molecular formula is C15H29N5O. The number of hydrogen-bond donors (Lipinski definition) is 3. The smallest absolute Gasteiger partial charge is 0.247 e. The second-order valence-corrected chi connectivity index (χ2v) is 4.76. The van der Waals surface area contributed by atoms with Crippen LogP contribution in [0.3, 0.4) is 0 Å². The van der Waals surface area contributed by atoms with E-state index in [0.29, 0.717) is 12.4 Å². The third-order valence-electron chi connectivity index (χ3n) is 3.30. The highest BCUT2D eigenvalue weighted by molar-refractivity contribution is 5.87. The summed E-state index contributed by atoms with van der Waals surface area (Å²) in [7, 11) is 1.77. The van der Waals surface area contributed by atoms with Crippen LogP contribution < -0.4 is 16.4 Å². The zero-order valence-electron chi connectivity index (χ0n) is 13.6. The van der Waals surface area contributed by atoms with E-state index >= 15 is 0 Å². The van der Waals surface area contributed by atoms with E-state index in [2.05, 4.69) is 28.9 Å². The summed E-state index contributed by atoms with van der Waals surface area (Å²) < 4.78 is 0. The fourth-order valence-electron chi connectivity index (χ4n) is 1.98. The summed E-state index contributed by atoms with van der Waals surface area (Å²) in [4.78, 5) is 17.8. The molecule has 6 nitrogen and oxygen atoms in total. The van der Waals surface area contributed by atoms with Gasteiger partial charge in [-0.1, -0.05) is 20.4 Å². The molecule has 0 bridgehead atoms. The fraction of sp³-hybridized carbons (Fsp3) is 0.600. The lowest BCUT2D eigenvalue weighted by Gasteiger charge is -2.32. The SMILES string of the molecule is C=CC(=O)N(CCC)C(CC)N/C(N=C)=C(\C)C(N)NC. The maximum Gasteiger partial charge on any atom is 0.247 e. The van der Waals surface area contributed by atoms with E-state index in [9.17, 15) is 4.79 Å². The van der Waals surface area contributed by atoms with E-state index < -0.39 is 0 Å². The fourth-order valence-corrected chi connectivity index (χ4v) is 1.98. The predicted octanol–water partition coefficient (Wildman–Crippen LogP) is 1.17. The van der Waals surface area contributed by atoms with E-state index in [1.165, 1.54) is 6.08 Å². The summed E-state index contributed by atoms with van der Waals surface area (Å²) >= 11 is 0. The van der Waals surface area contributed by atoms with E-state index in [1.54, 1.807) is 11.9 Å².